The minimum absolute atomic E-state index is 0.0387. The summed E-state index contributed by atoms with van der Waals surface area (Å²) in [5, 5.41) is 10.7. The molecule has 0 aliphatic carbocycles. The van der Waals surface area contributed by atoms with Crippen molar-refractivity contribution >= 4 is 0 Å². The zero-order valence-corrected chi connectivity index (χ0v) is 14.9. The molecule has 138 valence electrons. The Labute approximate surface area is 151 Å². The second-order valence-electron chi connectivity index (χ2n) is 6.77. The fraction of sp³-hybridized carbons (Fsp3) is 0.400. The molecule has 2 atom stereocenters. The van der Waals surface area contributed by atoms with E-state index in [0.29, 0.717) is 29.2 Å². The molecule has 0 spiro atoms. The van der Waals surface area contributed by atoms with E-state index in [-0.39, 0.29) is 18.7 Å². The first kappa shape index (κ1) is 17.1. The van der Waals surface area contributed by atoms with Gasteiger partial charge in [0.15, 0.2) is 11.5 Å². The van der Waals surface area contributed by atoms with Crippen LogP contribution in [0.25, 0.3) is 0 Å². The van der Waals surface area contributed by atoms with Crippen LogP contribution in [0.2, 0.25) is 0 Å². The molecule has 5 nitrogen and oxygen atoms in total. The van der Waals surface area contributed by atoms with Crippen molar-refractivity contribution in [2.24, 2.45) is 0 Å². The minimum atomic E-state index is -0.705. The van der Waals surface area contributed by atoms with Gasteiger partial charge in [0.25, 0.3) is 0 Å². The average molecular weight is 359 g/mol. The number of hydrogen-bond acceptors (Lipinski definition) is 5. The highest BCUT2D eigenvalue weighted by atomic mass is 19.1. The van der Waals surface area contributed by atoms with Gasteiger partial charge < -0.3 is 19.3 Å². The molecule has 2 aromatic carbocycles. The van der Waals surface area contributed by atoms with E-state index in [1.807, 2.05) is 13.1 Å². The number of aliphatic hydroxyl groups is 1. The number of aliphatic hydroxyl groups excluding tert-OH is 1. The predicted molar refractivity (Wildman–Crippen MR) is 94.2 cm³/mol. The van der Waals surface area contributed by atoms with Crippen molar-refractivity contribution in [3.8, 4) is 17.2 Å². The lowest BCUT2D eigenvalue weighted by atomic mass is 9.87. The predicted octanol–water partition coefficient (Wildman–Crippen LogP) is 3.22. The van der Waals surface area contributed by atoms with E-state index in [0.717, 1.165) is 24.1 Å². The van der Waals surface area contributed by atoms with Crippen LogP contribution in [0, 0.1) is 5.82 Å². The van der Waals surface area contributed by atoms with Crippen LogP contribution in [0.4, 0.5) is 4.39 Å². The maximum absolute atomic E-state index is 13.2. The summed E-state index contributed by atoms with van der Waals surface area (Å²) < 4.78 is 30.0. The molecule has 2 aliphatic rings. The van der Waals surface area contributed by atoms with Crippen LogP contribution < -0.4 is 14.2 Å². The maximum Gasteiger partial charge on any atom is 0.231 e. The standard InChI is InChI=1S/C20H22FNO4/c1-22-8-7-13-9-17-19(26-11-25-17)20(24-2)18(13)15(22)10-16(23)12-3-5-14(21)6-4-12/h3-6,9,15-16,23H,7-8,10-11H2,1-2H3/t15-,16-/m1/s1. The molecular weight excluding hydrogens is 337 g/mol. The molecule has 2 heterocycles. The van der Waals surface area contributed by atoms with E-state index in [2.05, 4.69) is 4.90 Å². The Bertz CT molecular complexity index is 808. The van der Waals surface area contributed by atoms with Gasteiger partial charge in [-0.05, 0) is 49.2 Å². The van der Waals surface area contributed by atoms with Gasteiger partial charge in [-0.25, -0.2) is 4.39 Å². The normalized spacial score (nSPS) is 19.9. The average Bonchev–Trinajstić information content (AvgIpc) is 3.11. The SMILES string of the molecule is COc1c2c(cc3c1[C@@H](C[C@@H](O)c1ccc(F)cc1)N(C)CC3)OCO2. The molecule has 0 aromatic heterocycles. The van der Waals surface area contributed by atoms with Crippen LogP contribution in [0.1, 0.15) is 35.3 Å². The van der Waals surface area contributed by atoms with Crippen molar-refractivity contribution in [1.82, 2.24) is 4.90 Å². The number of benzene rings is 2. The number of halogens is 1. The highest BCUT2D eigenvalue weighted by Crippen LogP contribution is 2.50. The first-order valence-electron chi connectivity index (χ1n) is 8.71. The lowest BCUT2D eigenvalue weighted by Gasteiger charge is -2.37. The Morgan fingerprint density at radius 3 is 2.81 bits per heavy atom. The maximum atomic E-state index is 13.2. The van der Waals surface area contributed by atoms with Gasteiger partial charge in [0.2, 0.25) is 12.5 Å². The molecule has 6 heteroatoms. The highest BCUT2D eigenvalue weighted by molar-refractivity contribution is 5.61. The zero-order valence-electron chi connectivity index (χ0n) is 14.9. The van der Waals surface area contributed by atoms with E-state index in [1.165, 1.54) is 12.1 Å². The summed E-state index contributed by atoms with van der Waals surface area (Å²) >= 11 is 0. The van der Waals surface area contributed by atoms with Crippen molar-refractivity contribution in [3.05, 3.63) is 52.8 Å². The molecule has 0 fully saturated rings. The van der Waals surface area contributed by atoms with Crippen molar-refractivity contribution in [3.63, 3.8) is 0 Å². The third-order valence-electron chi connectivity index (χ3n) is 5.25. The topological polar surface area (TPSA) is 51.2 Å². The van der Waals surface area contributed by atoms with E-state index >= 15 is 0 Å². The fourth-order valence-electron chi connectivity index (χ4n) is 3.86. The third-order valence-corrected chi connectivity index (χ3v) is 5.25. The largest absolute Gasteiger partial charge is 0.492 e. The number of likely N-dealkylation sites (N-methyl/N-ethyl adjacent to an activating group) is 1. The van der Waals surface area contributed by atoms with E-state index in [4.69, 9.17) is 14.2 Å². The second kappa shape index (κ2) is 6.78. The summed E-state index contributed by atoms with van der Waals surface area (Å²) in [4.78, 5) is 2.21. The monoisotopic (exact) mass is 359 g/mol. The minimum Gasteiger partial charge on any atom is -0.492 e. The Morgan fingerprint density at radius 2 is 2.08 bits per heavy atom. The Hall–Kier alpha value is -2.31. The molecule has 4 rings (SSSR count). The molecule has 0 saturated carbocycles. The molecule has 26 heavy (non-hydrogen) atoms. The lowest BCUT2D eigenvalue weighted by molar-refractivity contribution is 0.107. The smallest absolute Gasteiger partial charge is 0.231 e. The Morgan fingerprint density at radius 1 is 1.31 bits per heavy atom. The fourth-order valence-corrected chi connectivity index (χ4v) is 3.86. The lowest BCUT2D eigenvalue weighted by Crippen LogP contribution is -2.33. The molecule has 0 bridgehead atoms. The summed E-state index contributed by atoms with van der Waals surface area (Å²) in [7, 11) is 3.66. The molecular formula is C20H22FNO4. The number of nitrogens with zero attached hydrogens (tertiary/aromatic N) is 1. The molecule has 0 amide bonds. The molecule has 0 unspecified atom stereocenters. The van der Waals surface area contributed by atoms with Gasteiger partial charge in [0.05, 0.1) is 13.2 Å². The third kappa shape index (κ3) is 2.89. The van der Waals surface area contributed by atoms with Crippen LogP contribution in [0.5, 0.6) is 17.2 Å². The quantitative estimate of drug-likeness (QED) is 0.908. The molecule has 1 N–H and O–H groups in total. The Balaban J connectivity index is 1.70. The first-order chi connectivity index (χ1) is 12.6. The van der Waals surface area contributed by atoms with Gasteiger partial charge in [-0.15, -0.1) is 0 Å². The van der Waals surface area contributed by atoms with Crippen molar-refractivity contribution < 1.29 is 23.7 Å². The summed E-state index contributed by atoms with van der Waals surface area (Å²) in [5.41, 5.74) is 2.89. The van der Waals surface area contributed by atoms with Crippen LogP contribution in [-0.4, -0.2) is 37.5 Å². The summed E-state index contributed by atoms with van der Waals surface area (Å²) in [6.07, 6.45) is 0.650. The van der Waals surface area contributed by atoms with Gasteiger partial charge in [-0.2, -0.15) is 0 Å². The summed E-state index contributed by atoms with van der Waals surface area (Å²) in [5.74, 6) is 1.71. The van der Waals surface area contributed by atoms with Crippen LogP contribution in [0.3, 0.4) is 0 Å². The number of fused-ring (bicyclic) bond motifs is 2. The van der Waals surface area contributed by atoms with E-state index < -0.39 is 6.10 Å². The van der Waals surface area contributed by atoms with Gasteiger partial charge in [0, 0.05) is 18.2 Å². The van der Waals surface area contributed by atoms with Gasteiger partial charge in [-0.1, -0.05) is 12.1 Å². The summed E-state index contributed by atoms with van der Waals surface area (Å²) in [6.45, 7) is 1.06. The number of methoxy groups -OCH3 is 1. The van der Waals surface area contributed by atoms with Crippen molar-refractivity contribution in [2.75, 3.05) is 27.5 Å². The molecule has 2 aromatic rings. The molecule has 0 saturated heterocycles. The second-order valence-corrected chi connectivity index (χ2v) is 6.77. The summed E-state index contributed by atoms with van der Waals surface area (Å²) in [6, 6.07) is 7.97. The van der Waals surface area contributed by atoms with E-state index in [9.17, 15) is 9.50 Å². The highest BCUT2D eigenvalue weighted by Gasteiger charge is 2.35. The number of ether oxygens (including phenoxy) is 3. The van der Waals surface area contributed by atoms with Crippen LogP contribution in [-0.2, 0) is 6.42 Å². The van der Waals surface area contributed by atoms with Crippen LogP contribution >= 0.6 is 0 Å². The molecule has 2 aliphatic heterocycles. The van der Waals surface area contributed by atoms with Gasteiger partial charge in [-0.3, -0.25) is 4.90 Å². The van der Waals surface area contributed by atoms with E-state index in [1.54, 1.807) is 19.2 Å². The first-order valence-corrected chi connectivity index (χ1v) is 8.71. The number of hydrogen-bond donors (Lipinski definition) is 1. The molecule has 0 radical (unpaired) electrons. The van der Waals surface area contributed by atoms with Gasteiger partial charge >= 0.3 is 0 Å². The van der Waals surface area contributed by atoms with Gasteiger partial charge in [0.1, 0.15) is 5.82 Å². The Kier molecular flexibility index (Phi) is 4.46. The van der Waals surface area contributed by atoms with Crippen molar-refractivity contribution in [1.29, 1.82) is 0 Å². The van der Waals surface area contributed by atoms with Crippen LogP contribution in [0.15, 0.2) is 30.3 Å². The zero-order chi connectivity index (χ0) is 18.3. The van der Waals surface area contributed by atoms with Crippen molar-refractivity contribution in [2.45, 2.75) is 25.0 Å². The number of rotatable bonds is 4.